The molecule has 0 aliphatic carbocycles. The summed E-state index contributed by atoms with van der Waals surface area (Å²) in [6, 6.07) is -0.829. The first kappa shape index (κ1) is 14.2. The Morgan fingerprint density at radius 2 is 2.00 bits per heavy atom. The molecule has 0 aliphatic rings. The zero-order chi connectivity index (χ0) is 14.9. The molecule has 7 nitrogen and oxygen atoms in total. The minimum Gasteiger partial charge on any atom is -0.548 e. The van der Waals surface area contributed by atoms with E-state index in [1.165, 1.54) is 0 Å². The highest BCUT2D eigenvalue weighted by Crippen LogP contribution is 2.22. The summed E-state index contributed by atoms with van der Waals surface area (Å²) in [5, 5.41) is 14.1. The van der Waals surface area contributed by atoms with Crippen LogP contribution >= 0.6 is 0 Å². The summed E-state index contributed by atoms with van der Waals surface area (Å²) in [5.74, 6) is 0.347. The summed E-state index contributed by atoms with van der Waals surface area (Å²) in [6.07, 6.45) is 0.434. The van der Waals surface area contributed by atoms with Crippen LogP contribution in [0.3, 0.4) is 0 Å². The molecule has 0 aliphatic heterocycles. The van der Waals surface area contributed by atoms with Gasteiger partial charge in [0.1, 0.15) is 5.82 Å². The predicted octanol–water partition coefficient (Wildman–Crippen LogP) is 0.811. The van der Waals surface area contributed by atoms with Gasteiger partial charge in [-0.3, -0.25) is 0 Å². The maximum atomic E-state index is 11.2. The third-order valence-electron chi connectivity index (χ3n) is 2.78. The largest absolute Gasteiger partial charge is 0.548 e. The number of aromatic nitrogens is 3. The van der Waals surface area contributed by atoms with Crippen LogP contribution in [0.25, 0.3) is 11.2 Å². The fourth-order valence-electron chi connectivity index (χ4n) is 1.98. The molecular formula is C13H17N4O3-. The molecule has 0 saturated heterocycles. The molecule has 1 N–H and O–H groups in total. The number of oxazole rings is 1. The number of carboxylic acids is 1. The van der Waals surface area contributed by atoms with E-state index < -0.39 is 12.0 Å². The molecule has 7 heteroatoms. The summed E-state index contributed by atoms with van der Waals surface area (Å²) < 4.78 is 5.35. The molecule has 0 fully saturated rings. The van der Waals surface area contributed by atoms with Crippen molar-refractivity contribution in [2.24, 2.45) is 5.92 Å². The number of hydrogen-bond donors (Lipinski definition) is 1. The second-order valence-electron chi connectivity index (χ2n) is 5.15. The van der Waals surface area contributed by atoms with Crippen molar-refractivity contribution in [2.75, 3.05) is 5.32 Å². The summed E-state index contributed by atoms with van der Waals surface area (Å²) in [7, 11) is 0. The lowest BCUT2D eigenvalue weighted by molar-refractivity contribution is -0.307. The first-order valence-electron chi connectivity index (χ1n) is 6.46. The maximum Gasteiger partial charge on any atom is 0.252 e. The van der Waals surface area contributed by atoms with E-state index >= 15 is 0 Å². The Balaban J connectivity index is 2.38. The molecule has 0 radical (unpaired) electrons. The molecule has 2 aromatic rings. The van der Waals surface area contributed by atoms with Gasteiger partial charge in [-0.15, -0.1) is 0 Å². The molecule has 108 valence electrons. The second-order valence-corrected chi connectivity index (χ2v) is 5.15. The standard InChI is InChI=1S/C13H18N4O3/c1-6(2)5-9(13(18)19)17-11-10-12(15-7(3)14-11)20-8(4)16-10/h6,9H,5H2,1-4H3,(H,18,19)(H,14,15,17)/p-1/t9-/m1/s1. The summed E-state index contributed by atoms with van der Waals surface area (Å²) in [5.41, 5.74) is 0.780. The van der Waals surface area contributed by atoms with Crippen LogP contribution < -0.4 is 10.4 Å². The fourth-order valence-corrected chi connectivity index (χ4v) is 1.98. The minimum atomic E-state index is -1.16. The van der Waals surface area contributed by atoms with Crippen LogP contribution in [-0.4, -0.2) is 27.0 Å². The van der Waals surface area contributed by atoms with Gasteiger partial charge in [-0.25, -0.2) is 9.97 Å². The first-order valence-corrected chi connectivity index (χ1v) is 6.46. The number of rotatable bonds is 5. The van der Waals surface area contributed by atoms with Gasteiger partial charge in [0.25, 0.3) is 5.71 Å². The number of hydrogen-bond acceptors (Lipinski definition) is 7. The molecule has 2 aromatic heterocycles. The number of nitrogens with one attached hydrogen (secondary N) is 1. The van der Waals surface area contributed by atoms with Crippen molar-refractivity contribution in [3.63, 3.8) is 0 Å². The van der Waals surface area contributed by atoms with Crippen LogP contribution in [0.15, 0.2) is 4.42 Å². The van der Waals surface area contributed by atoms with Crippen LogP contribution in [0.1, 0.15) is 32.0 Å². The lowest BCUT2D eigenvalue weighted by Gasteiger charge is -2.22. The second kappa shape index (κ2) is 5.44. The number of nitrogens with zero attached hydrogens (tertiary/aromatic N) is 3. The maximum absolute atomic E-state index is 11.2. The summed E-state index contributed by atoms with van der Waals surface area (Å²) >= 11 is 0. The number of carboxylic acid groups (broad SMARTS) is 1. The third kappa shape index (κ3) is 3.04. The van der Waals surface area contributed by atoms with Gasteiger partial charge in [0.15, 0.2) is 17.2 Å². The van der Waals surface area contributed by atoms with Crippen molar-refractivity contribution < 1.29 is 14.3 Å². The van der Waals surface area contributed by atoms with E-state index in [1.807, 2.05) is 13.8 Å². The van der Waals surface area contributed by atoms with Gasteiger partial charge in [0, 0.05) is 6.92 Å². The Morgan fingerprint density at radius 1 is 1.30 bits per heavy atom. The van der Waals surface area contributed by atoms with Crippen molar-refractivity contribution in [2.45, 2.75) is 40.2 Å². The van der Waals surface area contributed by atoms with Crippen LogP contribution in [0, 0.1) is 19.8 Å². The van der Waals surface area contributed by atoms with E-state index in [9.17, 15) is 9.90 Å². The van der Waals surface area contributed by atoms with Gasteiger partial charge in [0.2, 0.25) is 0 Å². The highest BCUT2D eigenvalue weighted by molar-refractivity contribution is 5.84. The molecule has 0 aromatic carbocycles. The van der Waals surface area contributed by atoms with Gasteiger partial charge in [-0.1, -0.05) is 13.8 Å². The number of carbonyl (C=O) groups is 1. The monoisotopic (exact) mass is 277 g/mol. The third-order valence-corrected chi connectivity index (χ3v) is 2.78. The van der Waals surface area contributed by atoms with E-state index in [1.54, 1.807) is 13.8 Å². The van der Waals surface area contributed by atoms with Crippen LogP contribution in [0.4, 0.5) is 5.82 Å². The highest BCUT2D eigenvalue weighted by Gasteiger charge is 2.17. The average molecular weight is 277 g/mol. The Labute approximate surface area is 116 Å². The number of aliphatic carboxylic acids is 1. The number of fused-ring (bicyclic) bond motifs is 1. The molecule has 20 heavy (non-hydrogen) atoms. The van der Waals surface area contributed by atoms with Crippen molar-refractivity contribution >= 4 is 23.0 Å². The van der Waals surface area contributed by atoms with E-state index in [4.69, 9.17) is 4.42 Å². The quantitative estimate of drug-likeness (QED) is 0.862. The van der Waals surface area contributed by atoms with E-state index in [0.717, 1.165) is 0 Å². The van der Waals surface area contributed by atoms with E-state index in [2.05, 4.69) is 20.3 Å². The van der Waals surface area contributed by atoms with Crippen LogP contribution in [0.2, 0.25) is 0 Å². The van der Waals surface area contributed by atoms with Crippen molar-refractivity contribution in [3.05, 3.63) is 11.7 Å². The average Bonchev–Trinajstić information content (AvgIpc) is 2.67. The van der Waals surface area contributed by atoms with Crippen molar-refractivity contribution in [1.82, 2.24) is 15.0 Å². The number of carbonyl (C=O) groups excluding carboxylic acids is 1. The highest BCUT2D eigenvalue weighted by atomic mass is 16.4. The Kier molecular flexibility index (Phi) is 3.87. The number of aryl methyl sites for hydroxylation is 2. The van der Waals surface area contributed by atoms with Gasteiger partial charge in [0.05, 0.1) is 12.0 Å². The van der Waals surface area contributed by atoms with E-state index in [0.29, 0.717) is 35.2 Å². The van der Waals surface area contributed by atoms with Gasteiger partial charge in [-0.2, -0.15) is 4.98 Å². The Morgan fingerprint density at radius 3 is 2.60 bits per heavy atom. The zero-order valence-electron chi connectivity index (χ0n) is 11.9. The van der Waals surface area contributed by atoms with Crippen LogP contribution in [-0.2, 0) is 4.79 Å². The van der Waals surface area contributed by atoms with Gasteiger partial charge in [-0.05, 0) is 19.3 Å². The molecule has 0 unspecified atom stereocenters. The van der Waals surface area contributed by atoms with Crippen molar-refractivity contribution in [1.29, 1.82) is 0 Å². The number of anilines is 1. The molecule has 0 amide bonds. The lowest BCUT2D eigenvalue weighted by Crippen LogP contribution is -2.42. The smallest absolute Gasteiger partial charge is 0.252 e. The fraction of sp³-hybridized carbons (Fsp3) is 0.538. The zero-order valence-corrected chi connectivity index (χ0v) is 11.9. The molecular weight excluding hydrogens is 260 g/mol. The molecule has 1 atom stereocenters. The normalized spacial score (nSPS) is 12.8. The Bertz CT molecular complexity index is 636. The topological polar surface area (TPSA) is 104 Å². The van der Waals surface area contributed by atoms with Crippen LogP contribution in [0.5, 0.6) is 0 Å². The lowest BCUT2D eigenvalue weighted by atomic mass is 10.0. The molecule has 0 bridgehead atoms. The summed E-state index contributed by atoms with van der Waals surface area (Å²) in [6.45, 7) is 7.29. The first-order chi connectivity index (χ1) is 9.36. The Hall–Kier alpha value is -2.18. The van der Waals surface area contributed by atoms with Gasteiger partial charge >= 0.3 is 0 Å². The molecule has 2 heterocycles. The van der Waals surface area contributed by atoms with E-state index in [-0.39, 0.29) is 5.92 Å². The minimum absolute atomic E-state index is 0.211. The molecule has 0 spiro atoms. The molecule has 2 rings (SSSR count). The summed E-state index contributed by atoms with van der Waals surface area (Å²) in [4.78, 5) is 23.7. The predicted molar refractivity (Wildman–Crippen MR) is 70.9 cm³/mol. The van der Waals surface area contributed by atoms with Crippen molar-refractivity contribution in [3.8, 4) is 0 Å². The SMILES string of the molecule is Cc1nc(N[C@H](CC(C)C)C(=O)[O-])c2nc(C)oc2n1. The molecule has 0 saturated carbocycles. The van der Waals surface area contributed by atoms with Gasteiger partial charge < -0.3 is 19.6 Å².